The maximum atomic E-state index is 15.3. The summed E-state index contributed by atoms with van der Waals surface area (Å²) in [5, 5.41) is 15.4. The topological polar surface area (TPSA) is 87.7 Å². The monoisotopic (exact) mass is 584 g/mol. The second kappa shape index (κ2) is 12.9. The Labute approximate surface area is 222 Å². The number of halogens is 4. The highest BCUT2D eigenvalue weighted by Gasteiger charge is 2.27. The fourth-order valence-corrected chi connectivity index (χ4v) is 3.91. The zero-order valence-corrected chi connectivity index (χ0v) is 22.4. The lowest BCUT2D eigenvalue weighted by Gasteiger charge is -2.23. The van der Waals surface area contributed by atoms with Gasteiger partial charge in [0.05, 0.1) is 24.1 Å². The van der Waals surface area contributed by atoms with Gasteiger partial charge < -0.3 is 20.5 Å². The molecule has 2 aromatic carbocycles. The number of aryl methyl sites for hydroxylation is 1. The van der Waals surface area contributed by atoms with Gasteiger partial charge in [0.15, 0.2) is 4.58 Å². The smallest absolute Gasteiger partial charge is 0.308 e. The SMILES string of the molecule is C=CNC(/C=C/C(C)(F)Br)C(=O)N[C@@H](CC(=O)OCC)c1cc(-c2c(C)cccc2O)cc(Cl)c1F. The predicted molar refractivity (Wildman–Crippen MR) is 140 cm³/mol. The summed E-state index contributed by atoms with van der Waals surface area (Å²) in [5.41, 5.74) is 1.44. The third-order valence-electron chi connectivity index (χ3n) is 5.13. The van der Waals surface area contributed by atoms with Crippen LogP contribution in [-0.4, -0.2) is 34.2 Å². The zero-order chi connectivity index (χ0) is 27.0. The molecule has 3 N–H and O–H groups in total. The molecule has 0 spiro atoms. The second-order valence-corrected chi connectivity index (χ2v) is 10.0. The molecule has 2 rings (SSSR count). The number of allylic oxidation sites excluding steroid dienone is 1. The van der Waals surface area contributed by atoms with Crippen molar-refractivity contribution in [3.05, 3.63) is 77.2 Å². The third-order valence-corrected chi connectivity index (χ3v) is 5.66. The van der Waals surface area contributed by atoms with E-state index in [0.29, 0.717) is 16.7 Å². The highest BCUT2D eigenvalue weighted by atomic mass is 79.9. The molecule has 6 nitrogen and oxygen atoms in total. The van der Waals surface area contributed by atoms with Crippen LogP contribution >= 0.6 is 27.5 Å². The van der Waals surface area contributed by atoms with Gasteiger partial charge >= 0.3 is 5.97 Å². The van der Waals surface area contributed by atoms with E-state index in [1.54, 1.807) is 26.0 Å². The molecule has 0 aliphatic carbocycles. The molecule has 0 saturated carbocycles. The first-order valence-electron chi connectivity index (χ1n) is 11.1. The first-order valence-corrected chi connectivity index (χ1v) is 12.2. The minimum absolute atomic E-state index is 0.0426. The first-order chi connectivity index (χ1) is 16.9. The molecule has 36 heavy (non-hydrogen) atoms. The Morgan fingerprint density at radius 1 is 1.36 bits per heavy atom. The molecule has 2 aromatic rings. The molecule has 2 unspecified atom stereocenters. The zero-order valence-electron chi connectivity index (χ0n) is 20.1. The van der Waals surface area contributed by atoms with Crippen LogP contribution in [0.5, 0.6) is 5.75 Å². The number of aromatic hydroxyl groups is 1. The van der Waals surface area contributed by atoms with Crippen molar-refractivity contribution < 1.29 is 28.2 Å². The van der Waals surface area contributed by atoms with Crippen LogP contribution in [0.25, 0.3) is 11.1 Å². The maximum Gasteiger partial charge on any atom is 0.308 e. The van der Waals surface area contributed by atoms with Crippen molar-refractivity contribution in [2.24, 2.45) is 0 Å². The van der Waals surface area contributed by atoms with Crippen molar-refractivity contribution in [1.82, 2.24) is 10.6 Å². The van der Waals surface area contributed by atoms with E-state index in [2.05, 4.69) is 33.1 Å². The van der Waals surface area contributed by atoms with Crippen LogP contribution in [0, 0.1) is 12.7 Å². The largest absolute Gasteiger partial charge is 0.507 e. The number of esters is 1. The van der Waals surface area contributed by atoms with Gasteiger partial charge in [-0.25, -0.2) is 8.78 Å². The molecule has 0 aromatic heterocycles. The average molecular weight is 586 g/mol. The minimum atomic E-state index is -1.87. The molecule has 0 heterocycles. The Balaban J connectivity index is 2.56. The number of carbonyl (C=O) groups excluding carboxylic acids is 2. The number of alkyl halides is 2. The van der Waals surface area contributed by atoms with Gasteiger partial charge in [-0.05, 0) is 78.3 Å². The van der Waals surface area contributed by atoms with Gasteiger partial charge in [0, 0.05) is 11.1 Å². The van der Waals surface area contributed by atoms with Crippen LogP contribution in [0.3, 0.4) is 0 Å². The molecule has 0 bridgehead atoms. The van der Waals surface area contributed by atoms with Gasteiger partial charge in [-0.2, -0.15) is 0 Å². The van der Waals surface area contributed by atoms with Gasteiger partial charge in [-0.3, -0.25) is 9.59 Å². The van der Waals surface area contributed by atoms with E-state index in [0.717, 1.165) is 6.08 Å². The number of ether oxygens (including phenoxy) is 1. The summed E-state index contributed by atoms with van der Waals surface area (Å²) in [7, 11) is 0. The van der Waals surface area contributed by atoms with E-state index < -0.39 is 40.8 Å². The standard InChI is InChI=1S/C26H28BrClF2N2O4/c1-5-31-19(10-11-26(4,27)30)25(35)32-20(14-22(34)36-6-2)17-12-16(13-18(28)24(17)29)23-15(3)8-7-9-21(23)33/h5,7-13,19-20,31,33H,1,6,14H2,2-4H3,(H,32,35)/b11-10+/t19?,20-,26?/m0/s1. The molecule has 0 aliphatic rings. The molecule has 0 aliphatic heterocycles. The summed E-state index contributed by atoms with van der Waals surface area (Å²) in [5.74, 6) is -2.25. The summed E-state index contributed by atoms with van der Waals surface area (Å²) in [6.07, 6.45) is 3.23. The molecule has 1 amide bonds. The lowest BCUT2D eigenvalue weighted by molar-refractivity contribution is -0.143. The number of nitrogens with one attached hydrogen (secondary N) is 2. The van der Waals surface area contributed by atoms with Crippen molar-refractivity contribution >= 4 is 39.4 Å². The van der Waals surface area contributed by atoms with Crippen molar-refractivity contribution in [1.29, 1.82) is 0 Å². The molecular weight excluding hydrogens is 558 g/mol. The number of rotatable bonds is 11. The fourth-order valence-electron chi connectivity index (χ4n) is 3.53. The lowest BCUT2D eigenvalue weighted by Crippen LogP contribution is -2.43. The highest BCUT2D eigenvalue weighted by molar-refractivity contribution is 9.10. The van der Waals surface area contributed by atoms with E-state index in [-0.39, 0.29) is 22.9 Å². The third kappa shape index (κ3) is 8.06. The summed E-state index contributed by atoms with van der Waals surface area (Å²) >= 11 is 9.01. The number of phenols is 1. The van der Waals surface area contributed by atoms with E-state index in [9.17, 15) is 19.1 Å². The summed E-state index contributed by atoms with van der Waals surface area (Å²) in [6, 6.07) is 5.41. The van der Waals surface area contributed by atoms with Gasteiger partial charge in [0.25, 0.3) is 0 Å². The molecule has 0 radical (unpaired) electrons. The molecule has 3 atom stereocenters. The molecule has 194 valence electrons. The second-order valence-electron chi connectivity index (χ2n) is 8.06. The van der Waals surface area contributed by atoms with E-state index in [1.165, 1.54) is 37.4 Å². The summed E-state index contributed by atoms with van der Waals surface area (Å²) in [4.78, 5) is 25.4. The van der Waals surface area contributed by atoms with Crippen LogP contribution in [0.15, 0.2) is 55.3 Å². The average Bonchev–Trinajstić information content (AvgIpc) is 2.77. The van der Waals surface area contributed by atoms with Gasteiger partial charge in [0.1, 0.15) is 17.6 Å². The van der Waals surface area contributed by atoms with Crippen molar-refractivity contribution in [2.45, 2.75) is 43.9 Å². The Kier molecular flexibility index (Phi) is 10.5. The number of benzene rings is 2. The highest BCUT2D eigenvalue weighted by Crippen LogP contribution is 2.37. The number of carbonyl (C=O) groups is 2. The Hall–Kier alpha value is -2.91. The maximum absolute atomic E-state index is 15.3. The summed E-state index contributed by atoms with van der Waals surface area (Å²) < 4.78 is 32.3. The molecular formula is C26H28BrClF2N2O4. The number of phenolic OH excluding ortho intramolecular Hbond substituents is 1. The van der Waals surface area contributed by atoms with Crippen LogP contribution < -0.4 is 10.6 Å². The number of hydrogen-bond acceptors (Lipinski definition) is 5. The van der Waals surface area contributed by atoms with Gasteiger partial charge in [-0.1, -0.05) is 36.4 Å². The molecule has 0 fully saturated rings. The van der Waals surface area contributed by atoms with Crippen LogP contribution in [-0.2, 0) is 14.3 Å². The van der Waals surface area contributed by atoms with Crippen LogP contribution in [0.1, 0.15) is 37.4 Å². The van der Waals surface area contributed by atoms with Gasteiger partial charge in [-0.15, -0.1) is 0 Å². The first kappa shape index (κ1) is 29.3. The van der Waals surface area contributed by atoms with Gasteiger partial charge in [0.2, 0.25) is 5.91 Å². The fraction of sp³-hybridized carbons (Fsp3) is 0.308. The van der Waals surface area contributed by atoms with Crippen LogP contribution in [0.4, 0.5) is 8.78 Å². The number of amides is 1. The van der Waals surface area contributed by atoms with E-state index >= 15 is 4.39 Å². The quantitative estimate of drug-likeness (QED) is 0.171. The molecule has 0 saturated heterocycles. The van der Waals surface area contributed by atoms with E-state index in [1.807, 2.05) is 0 Å². The Bertz CT molecular complexity index is 1130. The predicted octanol–water partition coefficient (Wildman–Crippen LogP) is 6.01. The summed E-state index contributed by atoms with van der Waals surface area (Å²) in [6.45, 7) is 8.23. The minimum Gasteiger partial charge on any atom is -0.507 e. The van der Waals surface area contributed by atoms with Crippen LogP contribution in [0.2, 0.25) is 5.02 Å². The number of hydrogen-bond donors (Lipinski definition) is 3. The molecule has 10 heteroatoms. The van der Waals surface area contributed by atoms with Crippen molar-refractivity contribution in [3.8, 4) is 16.9 Å². The van der Waals surface area contributed by atoms with E-state index in [4.69, 9.17) is 16.3 Å². The van der Waals surface area contributed by atoms with Crippen molar-refractivity contribution in [2.75, 3.05) is 6.61 Å². The van der Waals surface area contributed by atoms with Crippen molar-refractivity contribution in [3.63, 3.8) is 0 Å². The Morgan fingerprint density at radius 3 is 2.64 bits per heavy atom. The lowest BCUT2D eigenvalue weighted by atomic mass is 9.94. The Morgan fingerprint density at radius 2 is 2.06 bits per heavy atom. The normalized spacial score (nSPS) is 14.5.